The molecule has 6 nitrogen and oxygen atoms in total. The Morgan fingerprint density at radius 3 is 2.92 bits per heavy atom. The van der Waals surface area contributed by atoms with Crippen LogP contribution >= 0.6 is 11.6 Å². The number of hydrogen-bond donors (Lipinski definition) is 2. The van der Waals surface area contributed by atoms with Crippen LogP contribution in [0.2, 0.25) is 5.02 Å². The maximum absolute atomic E-state index is 6.18. The predicted molar refractivity (Wildman–Crippen MR) is 111 cm³/mol. The molecule has 2 N–H and O–H groups in total. The molecule has 7 heteroatoms. The molecule has 1 saturated heterocycles. The zero-order chi connectivity index (χ0) is 18.9. The van der Waals surface area contributed by atoms with Crippen molar-refractivity contribution < 1.29 is 4.74 Å². The highest BCUT2D eigenvalue weighted by atomic mass is 35.5. The van der Waals surface area contributed by atoms with Crippen molar-refractivity contribution in [2.45, 2.75) is 26.3 Å². The first-order valence-electron chi connectivity index (χ1n) is 9.39. The van der Waals surface area contributed by atoms with Gasteiger partial charge in [-0.05, 0) is 45.1 Å². The van der Waals surface area contributed by atoms with Gasteiger partial charge in [0.25, 0.3) is 0 Å². The van der Waals surface area contributed by atoms with Crippen LogP contribution in [0.3, 0.4) is 0 Å². The van der Waals surface area contributed by atoms with E-state index in [9.17, 15) is 0 Å². The second-order valence-electron chi connectivity index (χ2n) is 6.55. The molecule has 1 unspecified atom stereocenters. The summed E-state index contributed by atoms with van der Waals surface area (Å²) in [6.45, 7) is 9.76. The standard InChI is InChI=1S/C19H32ClN5O/c1-5-21-19(22-10-12-24(3)6-2)23-16-9-11-25(14-16)17-13-15(20)7-8-18(17)26-4/h7-8,13,16H,5-6,9-12,14H2,1-4H3,(H2,21,22,23). The number of anilines is 1. The minimum absolute atomic E-state index is 0.348. The van der Waals surface area contributed by atoms with Gasteiger partial charge in [0.15, 0.2) is 5.96 Å². The lowest BCUT2D eigenvalue weighted by molar-refractivity contribution is 0.363. The summed E-state index contributed by atoms with van der Waals surface area (Å²) in [7, 11) is 3.81. The van der Waals surface area contributed by atoms with E-state index in [0.29, 0.717) is 6.04 Å². The van der Waals surface area contributed by atoms with Crippen LogP contribution in [0.1, 0.15) is 20.3 Å². The van der Waals surface area contributed by atoms with Crippen LogP contribution in [0, 0.1) is 0 Å². The average molecular weight is 382 g/mol. The number of likely N-dealkylation sites (N-methyl/N-ethyl adjacent to an activating group) is 1. The zero-order valence-electron chi connectivity index (χ0n) is 16.4. The van der Waals surface area contributed by atoms with Crippen molar-refractivity contribution in [3.05, 3.63) is 23.2 Å². The first-order valence-corrected chi connectivity index (χ1v) is 9.77. The topological polar surface area (TPSA) is 52.1 Å². The molecule has 0 saturated carbocycles. The van der Waals surface area contributed by atoms with E-state index in [2.05, 4.69) is 41.3 Å². The number of halogens is 1. The molecule has 2 rings (SSSR count). The highest BCUT2D eigenvalue weighted by molar-refractivity contribution is 6.30. The maximum Gasteiger partial charge on any atom is 0.191 e. The molecule has 0 spiro atoms. The van der Waals surface area contributed by atoms with Crippen LogP contribution in [0.15, 0.2) is 23.2 Å². The van der Waals surface area contributed by atoms with E-state index in [-0.39, 0.29) is 0 Å². The van der Waals surface area contributed by atoms with Crippen LogP contribution in [-0.4, -0.2) is 70.3 Å². The summed E-state index contributed by atoms with van der Waals surface area (Å²) in [5.41, 5.74) is 1.05. The molecule has 0 bridgehead atoms. The third-order valence-electron chi connectivity index (χ3n) is 4.65. The summed E-state index contributed by atoms with van der Waals surface area (Å²) < 4.78 is 5.49. The van der Waals surface area contributed by atoms with Gasteiger partial charge in [0.2, 0.25) is 0 Å². The van der Waals surface area contributed by atoms with Crippen LogP contribution in [0.5, 0.6) is 5.75 Å². The number of nitrogens with one attached hydrogen (secondary N) is 2. The van der Waals surface area contributed by atoms with Crippen molar-refractivity contribution in [1.82, 2.24) is 15.5 Å². The summed E-state index contributed by atoms with van der Waals surface area (Å²) >= 11 is 6.18. The Balaban J connectivity index is 1.96. The number of nitrogens with zero attached hydrogens (tertiary/aromatic N) is 3. The number of benzene rings is 1. The molecule has 0 aliphatic carbocycles. The van der Waals surface area contributed by atoms with Gasteiger partial charge in [-0.3, -0.25) is 4.99 Å². The van der Waals surface area contributed by atoms with Gasteiger partial charge in [-0.2, -0.15) is 0 Å². The molecule has 0 radical (unpaired) electrons. The van der Waals surface area contributed by atoms with Gasteiger partial charge in [-0.25, -0.2) is 0 Å². The highest BCUT2D eigenvalue weighted by Crippen LogP contribution is 2.33. The monoisotopic (exact) mass is 381 g/mol. The predicted octanol–water partition coefficient (Wildman–Crippen LogP) is 2.43. The summed E-state index contributed by atoms with van der Waals surface area (Å²) in [6, 6.07) is 6.11. The van der Waals surface area contributed by atoms with E-state index in [4.69, 9.17) is 21.3 Å². The number of methoxy groups -OCH3 is 1. The van der Waals surface area contributed by atoms with E-state index in [0.717, 1.165) is 68.1 Å². The van der Waals surface area contributed by atoms with Crippen molar-refractivity contribution in [1.29, 1.82) is 0 Å². The van der Waals surface area contributed by atoms with Gasteiger partial charge in [0.05, 0.1) is 19.3 Å². The van der Waals surface area contributed by atoms with Gasteiger partial charge < -0.3 is 25.2 Å². The minimum atomic E-state index is 0.348. The van der Waals surface area contributed by atoms with Crippen molar-refractivity contribution in [2.75, 3.05) is 58.3 Å². The van der Waals surface area contributed by atoms with E-state index in [1.165, 1.54) is 0 Å². The highest BCUT2D eigenvalue weighted by Gasteiger charge is 2.25. The van der Waals surface area contributed by atoms with Crippen molar-refractivity contribution in [3.8, 4) is 5.75 Å². The molecular formula is C19H32ClN5O. The van der Waals surface area contributed by atoms with Crippen LogP contribution in [-0.2, 0) is 0 Å². The first kappa shape index (κ1) is 20.6. The number of ether oxygens (including phenoxy) is 1. The molecular weight excluding hydrogens is 350 g/mol. The Morgan fingerprint density at radius 1 is 1.42 bits per heavy atom. The smallest absolute Gasteiger partial charge is 0.191 e. The molecule has 0 amide bonds. The summed E-state index contributed by atoms with van der Waals surface area (Å²) in [4.78, 5) is 9.27. The molecule has 1 aliphatic rings. The van der Waals surface area contributed by atoms with Crippen molar-refractivity contribution in [3.63, 3.8) is 0 Å². The second kappa shape index (κ2) is 10.5. The Hall–Kier alpha value is -1.66. The van der Waals surface area contributed by atoms with Gasteiger partial charge in [0, 0.05) is 37.2 Å². The summed E-state index contributed by atoms with van der Waals surface area (Å²) in [5.74, 6) is 1.75. The zero-order valence-corrected chi connectivity index (χ0v) is 17.1. The van der Waals surface area contributed by atoms with Crippen LogP contribution < -0.4 is 20.3 Å². The molecule has 146 valence electrons. The lowest BCUT2D eigenvalue weighted by Gasteiger charge is -2.22. The van der Waals surface area contributed by atoms with Gasteiger partial charge in [-0.15, -0.1) is 0 Å². The van der Waals surface area contributed by atoms with Gasteiger partial charge in [-0.1, -0.05) is 18.5 Å². The lowest BCUT2D eigenvalue weighted by atomic mass is 10.2. The molecule has 1 fully saturated rings. The van der Waals surface area contributed by atoms with E-state index in [1.54, 1.807) is 7.11 Å². The SMILES string of the molecule is CCNC(=NCCN(C)CC)NC1CCN(c2cc(Cl)ccc2OC)C1. The fraction of sp³-hybridized carbons (Fsp3) is 0.632. The van der Waals surface area contributed by atoms with E-state index in [1.807, 2.05) is 18.2 Å². The Kier molecular flexibility index (Phi) is 8.32. The first-order chi connectivity index (χ1) is 12.6. The second-order valence-corrected chi connectivity index (χ2v) is 6.99. The molecule has 26 heavy (non-hydrogen) atoms. The number of aliphatic imine (C=N–C) groups is 1. The molecule has 0 aromatic heterocycles. The van der Waals surface area contributed by atoms with Gasteiger partial charge >= 0.3 is 0 Å². The number of hydrogen-bond acceptors (Lipinski definition) is 4. The van der Waals surface area contributed by atoms with E-state index >= 15 is 0 Å². The minimum Gasteiger partial charge on any atom is -0.495 e. The molecule has 1 aliphatic heterocycles. The lowest BCUT2D eigenvalue weighted by Crippen LogP contribution is -2.45. The van der Waals surface area contributed by atoms with E-state index < -0.39 is 0 Å². The maximum atomic E-state index is 6.18. The summed E-state index contributed by atoms with van der Waals surface area (Å²) in [5, 5.41) is 7.64. The Bertz CT molecular complexity index is 595. The van der Waals surface area contributed by atoms with Gasteiger partial charge in [0.1, 0.15) is 5.75 Å². The van der Waals surface area contributed by atoms with Crippen molar-refractivity contribution >= 4 is 23.2 Å². The molecule has 1 atom stereocenters. The molecule has 1 aromatic carbocycles. The molecule has 1 aromatic rings. The van der Waals surface area contributed by atoms with Crippen molar-refractivity contribution in [2.24, 2.45) is 4.99 Å². The fourth-order valence-electron chi connectivity index (χ4n) is 3.01. The Labute approximate surface area is 162 Å². The summed E-state index contributed by atoms with van der Waals surface area (Å²) in [6.07, 6.45) is 1.05. The normalized spacial score (nSPS) is 17.7. The Morgan fingerprint density at radius 2 is 2.23 bits per heavy atom. The average Bonchev–Trinajstić information content (AvgIpc) is 3.10. The number of guanidine groups is 1. The third kappa shape index (κ3) is 5.95. The molecule has 1 heterocycles. The third-order valence-corrected chi connectivity index (χ3v) is 4.88. The number of rotatable bonds is 8. The van der Waals surface area contributed by atoms with Crippen LogP contribution in [0.4, 0.5) is 5.69 Å². The quantitative estimate of drug-likeness (QED) is 0.535. The largest absolute Gasteiger partial charge is 0.495 e. The van der Waals surface area contributed by atoms with Crippen LogP contribution in [0.25, 0.3) is 0 Å². The fourth-order valence-corrected chi connectivity index (χ4v) is 3.18.